The molecule has 2 heterocycles. The molecule has 1 saturated heterocycles. The third-order valence-electron chi connectivity index (χ3n) is 5.06. The summed E-state index contributed by atoms with van der Waals surface area (Å²) in [6, 6.07) is 1.24. The Morgan fingerprint density at radius 3 is 2.58 bits per heavy atom. The lowest BCUT2D eigenvalue weighted by Crippen LogP contribution is -2.51. The molecular formula is C16H20N4O4. The normalized spacial score (nSPS) is 22.6. The van der Waals surface area contributed by atoms with Crippen LogP contribution in [0.15, 0.2) is 10.6 Å². The van der Waals surface area contributed by atoms with Crippen molar-refractivity contribution in [1.29, 1.82) is 0 Å². The second-order valence-corrected chi connectivity index (χ2v) is 6.93. The molecule has 3 aliphatic rings. The highest BCUT2D eigenvalue weighted by molar-refractivity contribution is 6.08. The number of imide groups is 1. The van der Waals surface area contributed by atoms with Gasteiger partial charge in [0.2, 0.25) is 5.91 Å². The largest absolute Gasteiger partial charge is 0.360 e. The maximum Gasteiger partial charge on any atom is 0.325 e. The van der Waals surface area contributed by atoms with Gasteiger partial charge >= 0.3 is 6.03 Å². The highest BCUT2D eigenvalue weighted by Crippen LogP contribution is 2.54. The summed E-state index contributed by atoms with van der Waals surface area (Å²) < 4.78 is 4.88. The molecule has 2 saturated carbocycles. The van der Waals surface area contributed by atoms with Crippen molar-refractivity contribution in [2.24, 2.45) is 11.8 Å². The minimum Gasteiger partial charge on any atom is -0.360 e. The first-order valence-corrected chi connectivity index (χ1v) is 8.38. The number of amides is 4. The van der Waals surface area contributed by atoms with Crippen LogP contribution in [0.2, 0.25) is 0 Å². The zero-order valence-electron chi connectivity index (χ0n) is 13.5. The predicted molar refractivity (Wildman–Crippen MR) is 82.9 cm³/mol. The topological polar surface area (TPSA) is 105 Å². The van der Waals surface area contributed by atoms with Crippen molar-refractivity contribution in [1.82, 2.24) is 15.4 Å². The molecule has 2 N–H and O–H groups in total. The van der Waals surface area contributed by atoms with Gasteiger partial charge in [-0.2, -0.15) is 0 Å². The first kappa shape index (κ1) is 15.2. The van der Waals surface area contributed by atoms with Crippen molar-refractivity contribution in [2.75, 3.05) is 11.9 Å². The number of hydrogen-bond donors (Lipinski definition) is 2. The molecule has 24 heavy (non-hydrogen) atoms. The van der Waals surface area contributed by atoms with Crippen LogP contribution in [0.5, 0.6) is 0 Å². The zero-order valence-corrected chi connectivity index (χ0v) is 13.5. The number of anilines is 1. The Balaban J connectivity index is 1.38. The van der Waals surface area contributed by atoms with Gasteiger partial charge in [0, 0.05) is 19.0 Å². The fraction of sp³-hybridized carbons (Fsp3) is 0.625. The predicted octanol–water partition coefficient (Wildman–Crippen LogP) is 1.42. The number of rotatable bonds is 6. The maximum absolute atomic E-state index is 12.9. The van der Waals surface area contributed by atoms with Crippen molar-refractivity contribution < 1.29 is 18.9 Å². The molecule has 4 rings (SSSR count). The third kappa shape index (κ3) is 2.46. The molecule has 1 aromatic heterocycles. The molecule has 4 amide bonds. The minimum atomic E-state index is -0.698. The Morgan fingerprint density at radius 2 is 2.04 bits per heavy atom. The summed E-state index contributed by atoms with van der Waals surface area (Å²) in [7, 11) is 0. The number of nitrogens with one attached hydrogen (secondary N) is 2. The van der Waals surface area contributed by atoms with Gasteiger partial charge in [0.25, 0.3) is 5.91 Å². The van der Waals surface area contributed by atoms with E-state index in [0.29, 0.717) is 11.6 Å². The second kappa shape index (κ2) is 5.32. The molecule has 8 heteroatoms. The van der Waals surface area contributed by atoms with E-state index < -0.39 is 5.54 Å². The van der Waals surface area contributed by atoms with Crippen LogP contribution in [-0.4, -0.2) is 40.0 Å². The fourth-order valence-electron chi connectivity index (χ4n) is 3.62. The summed E-state index contributed by atoms with van der Waals surface area (Å²) in [6.07, 6.45) is 3.99. The van der Waals surface area contributed by atoms with Gasteiger partial charge in [-0.25, -0.2) is 4.79 Å². The van der Waals surface area contributed by atoms with Gasteiger partial charge in [0.15, 0.2) is 5.82 Å². The average Bonchev–Trinajstić information content (AvgIpc) is 3.44. The zero-order chi connectivity index (χ0) is 16.9. The van der Waals surface area contributed by atoms with Crippen molar-refractivity contribution >= 4 is 23.7 Å². The number of aromatic nitrogens is 1. The molecule has 1 aliphatic heterocycles. The lowest BCUT2D eigenvalue weighted by Gasteiger charge is -2.26. The maximum atomic E-state index is 12.9. The highest BCUT2D eigenvalue weighted by Gasteiger charge is 2.65. The van der Waals surface area contributed by atoms with Crippen molar-refractivity contribution in [3.63, 3.8) is 0 Å². The van der Waals surface area contributed by atoms with E-state index in [1.165, 1.54) is 4.90 Å². The van der Waals surface area contributed by atoms with Crippen LogP contribution in [-0.2, 0) is 9.59 Å². The van der Waals surface area contributed by atoms with Crippen LogP contribution in [0.3, 0.4) is 0 Å². The van der Waals surface area contributed by atoms with Crippen LogP contribution in [0.25, 0.3) is 0 Å². The Morgan fingerprint density at radius 1 is 1.38 bits per heavy atom. The third-order valence-corrected chi connectivity index (χ3v) is 5.06. The van der Waals surface area contributed by atoms with Crippen molar-refractivity contribution in [2.45, 2.75) is 44.6 Å². The van der Waals surface area contributed by atoms with Gasteiger partial charge < -0.3 is 15.2 Å². The SMILES string of the molecule is Cc1cc(NC(=O)CCN2C(=O)NC(C3CC3)(C3CC3)C2=O)no1. The number of urea groups is 1. The van der Waals surface area contributed by atoms with E-state index in [1.54, 1.807) is 13.0 Å². The standard InChI is InChI=1S/C16H20N4O4/c1-9-8-12(19-24-9)17-13(21)6-7-20-14(22)16(10-2-3-10,11-4-5-11)18-15(20)23/h8,10-11H,2-7H2,1H3,(H,18,23)(H,17,19,21). The van der Waals surface area contributed by atoms with Crippen LogP contribution in [0.1, 0.15) is 37.9 Å². The number of carbonyl (C=O) groups excluding carboxylic acids is 3. The van der Waals surface area contributed by atoms with Crippen LogP contribution in [0, 0.1) is 18.8 Å². The van der Waals surface area contributed by atoms with E-state index in [4.69, 9.17) is 4.52 Å². The molecule has 2 aliphatic carbocycles. The van der Waals surface area contributed by atoms with E-state index in [9.17, 15) is 14.4 Å². The summed E-state index contributed by atoms with van der Waals surface area (Å²) >= 11 is 0. The van der Waals surface area contributed by atoms with Gasteiger partial charge in [-0.1, -0.05) is 5.16 Å². The highest BCUT2D eigenvalue weighted by atomic mass is 16.5. The molecule has 0 bridgehead atoms. The lowest BCUT2D eigenvalue weighted by atomic mass is 9.87. The molecule has 0 spiro atoms. The summed E-state index contributed by atoms with van der Waals surface area (Å²) in [5.74, 6) is 0.997. The molecule has 0 unspecified atom stereocenters. The smallest absolute Gasteiger partial charge is 0.325 e. The molecule has 3 fully saturated rings. The van der Waals surface area contributed by atoms with Gasteiger partial charge in [-0.15, -0.1) is 0 Å². The molecule has 128 valence electrons. The molecule has 8 nitrogen and oxygen atoms in total. The average molecular weight is 332 g/mol. The number of hydrogen-bond acceptors (Lipinski definition) is 5. The van der Waals surface area contributed by atoms with E-state index >= 15 is 0 Å². The molecule has 0 radical (unpaired) electrons. The van der Waals surface area contributed by atoms with Crippen molar-refractivity contribution in [3.8, 4) is 0 Å². The first-order valence-electron chi connectivity index (χ1n) is 8.38. The molecular weight excluding hydrogens is 312 g/mol. The minimum absolute atomic E-state index is 0.0382. The van der Waals surface area contributed by atoms with Crippen LogP contribution < -0.4 is 10.6 Å². The van der Waals surface area contributed by atoms with Crippen molar-refractivity contribution in [3.05, 3.63) is 11.8 Å². The van der Waals surface area contributed by atoms with Crippen LogP contribution in [0.4, 0.5) is 10.6 Å². The van der Waals surface area contributed by atoms with Gasteiger partial charge in [-0.3, -0.25) is 14.5 Å². The Bertz CT molecular complexity index is 693. The fourth-order valence-corrected chi connectivity index (χ4v) is 3.62. The first-order chi connectivity index (χ1) is 11.5. The monoisotopic (exact) mass is 332 g/mol. The van der Waals surface area contributed by atoms with Gasteiger partial charge in [0.05, 0.1) is 0 Å². The summed E-state index contributed by atoms with van der Waals surface area (Å²) in [6.45, 7) is 1.81. The Hall–Kier alpha value is -2.38. The molecule has 0 aromatic carbocycles. The molecule has 1 aromatic rings. The second-order valence-electron chi connectivity index (χ2n) is 6.93. The number of nitrogens with zero attached hydrogens (tertiary/aromatic N) is 2. The van der Waals surface area contributed by atoms with Gasteiger partial charge in [0.1, 0.15) is 11.3 Å². The Labute approximate surface area is 138 Å². The quantitative estimate of drug-likeness (QED) is 0.767. The summed E-state index contributed by atoms with van der Waals surface area (Å²) in [5.41, 5.74) is -0.698. The lowest BCUT2D eigenvalue weighted by molar-refractivity contribution is -0.133. The van der Waals surface area contributed by atoms with E-state index in [2.05, 4.69) is 15.8 Å². The van der Waals surface area contributed by atoms with Crippen LogP contribution >= 0.6 is 0 Å². The Kier molecular flexibility index (Phi) is 3.36. The number of carbonyl (C=O) groups is 3. The van der Waals surface area contributed by atoms with E-state index in [1.807, 2.05) is 0 Å². The summed E-state index contributed by atoms with van der Waals surface area (Å²) in [4.78, 5) is 38.3. The van der Waals surface area contributed by atoms with Gasteiger partial charge in [-0.05, 0) is 44.4 Å². The summed E-state index contributed by atoms with van der Waals surface area (Å²) in [5, 5.41) is 9.22. The molecule has 0 atom stereocenters. The number of aryl methyl sites for hydroxylation is 1. The van der Waals surface area contributed by atoms with E-state index in [0.717, 1.165) is 25.7 Å². The van der Waals surface area contributed by atoms with E-state index in [-0.39, 0.29) is 42.6 Å².